The van der Waals surface area contributed by atoms with Crippen molar-refractivity contribution in [2.24, 2.45) is 0 Å². The van der Waals surface area contributed by atoms with Crippen molar-refractivity contribution in [3.05, 3.63) is 39.4 Å². The van der Waals surface area contributed by atoms with Crippen LogP contribution in [-0.2, 0) is 11.3 Å². The Hall–Kier alpha value is -1.44. The number of nitrogens with zero attached hydrogens (tertiary/aromatic N) is 3. The van der Waals surface area contributed by atoms with Gasteiger partial charge in [0.15, 0.2) is 0 Å². The fourth-order valence-electron chi connectivity index (χ4n) is 1.60. The van der Waals surface area contributed by atoms with Gasteiger partial charge in [-0.25, -0.2) is 4.98 Å². The second-order valence-electron chi connectivity index (χ2n) is 3.99. The van der Waals surface area contributed by atoms with Crippen molar-refractivity contribution >= 4 is 34.3 Å². The minimum Gasteiger partial charge on any atom is -0.309 e. The van der Waals surface area contributed by atoms with E-state index in [9.17, 15) is 4.79 Å². The highest BCUT2D eigenvalue weighted by Crippen LogP contribution is 2.07. The summed E-state index contributed by atoms with van der Waals surface area (Å²) in [6.45, 7) is 4.03. The van der Waals surface area contributed by atoms with Crippen LogP contribution in [-0.4, -0.2) is 20.7 Å². The van der Waals surface area contributed by atoms with Crippen LogP contribution >= 0.6 is 22.6 Å². The molecule has 0 aliphatic rings. The molecule has 0 spiro atoms. The highest BCUT2D eigenvalue weighted by Gasteiger charge is 2.07. The van der Waals surface area contributed by atoms with Crippen LogP contribution in [0.1, 0.15) is 11.4 Å². The summed E-state index contributed by atoms with van der Waals surface area (Å²) in [5.41, 5.74) is 1.88. The van der Waals surface area contributed by atoms with E-state index >= 15 is 0 Å². The van der Waals surface area contributed by atoms with Gasteiger partial charge in [0, 0.05) is 15.5 Å². The standard InChI is InChI=1S/C12H13IN4O/c1-8-5-9(2)17(16-8)7-12(18)15-11-4-3-10(13)6-14-11/h3-6H,7H2,1-2H3,(H,14,15,18). The number of nitrogens with one attached hydrogen (secondary N) is 1. The topological polar surface area (TPSA) is 59.8 Å². The normalized spacial score (nSPS) is 10.4. The van der Waals surface area contributed by atoms with Crippen molar-refractivity contribution in [3.8, 4) is 0 Å². The predicted octanol–water partition coefficient (Wildman–Crippen LogP) is 2.14. The SMILES string of the molecule is Cc1cc(C)n(CC(=O)Nc2ccc(I)cn2)n1. The number of rotatable bonds is 3. The van der Waals surface area contributed by atoms with Gasteiger partial charge in [0.05, 0.1) is 5.69 Å². The lowest BCUT2D eigenvalue weighted by Crippen LogP contribution is -2.20. The molecule has 0 fully saturated rings. The molecule has 0 unspecified atom stereocenters. The number of carbonyl (C=O) groups excluding carboxylic acids is 1. The Morgan fingerprint density at radius 2 is 2.22 bits per heavy atom. The second-order valence-corrected chi connectivity index (χ2v) is 5.24. The van der Waals surface area contributed by atoms with Gasteiger partial charge in [-0.05, 0) is 54.6 Å². The van der Waals surface area contributed by atoms with Crippen molar-refractivity contribution in [2.45, 2.75) is 20.4 Å². The molecule has 18 heavy (non-hydrogen) atoms. The molecule has 2 aromatic heterocycles. The van der Waals surface area contributed by atoms with E-state index in [2.05, 4.69) is 38.0 Å². The fourth-order valence-corrected chi connectivity index (χ4v) is 1.92. The number of anilines is 1. The molecule has 1 amide bonds. The molecule has 0 aromatic carbocycles. The van der Waals surface area contributed by atoms with Crippen LogP contribution in [0.25, 0.3) is 0 Å². The maximum Gasteiger partial charge on any atom is 0.247 e. The first-order valence-electron chi connectivity index (χ1n) is 5.47. The summed E-state index contributed by atoms with van der Waals surface area (Å²) < 4.78 is 2.71. The Kier molecular flexibility index (Phi) is 3.95. The molecule has 2 aromatic rings. The molecular weight excluding hydrogens is 343 g/mol. The monoisotopic (exact) mass is 356 g/mol. The summed E-state index contributed by atoms with van der Waals surface area (Å²) in [5.74, 6) is 0.428. The molecule has 0 radical (unpaired) electrons. The number of pyridine rings is 1. The van der Waals surface area contributed by atoms with Crippen LogP contribution in [0.2, 0.25) is 0 Å². The third kappa shape index (κ3) is 3.28. The zero-order chi connectivity index (χ0) is 13.1. The molecule has 0 bridgehead atoms. The molecular formula is C12H13IN4O. The van der Waals surface area contributed by atoms with Crippen molar-refractivity contribution in [3.63, 3.8) is 0 Å². The zero-order valence-electron chi connectivity index (χ0n) is 10.1. The third-order valence-electron chi connectivity index (χ3n) is 2.39. The molecule has 94 valence electrons. The third-order valence-corrected chi connectivity index (χ3v) is 3.03. The van der Waals surface area contributed by atoms with Gasteiger partial charge in [0.25, 0.3) is 0 Å². The number of amides is 1. The predicted molar refractivity (Wildman–Crippen MR) is 77.3 cm³/mol. The van der Waals surface area contributed by atoms with Gasteiger partial charge in [-0.2, -0.15) is 5.10 Å². The van der Waals surface area contributed by atoms with E-state index in [4.69, 9.17) is 0 Å². The Morgan fingerprint density at radius 1 is 1.44 bits per heavy atom. The van der Waals surface area contributed by atoms with Gasteiger partial charge in [0.1, 0.15) is 12.4 Å². The smallest absolute Gasteiger partial charge is 0.247 e. The average Bonchev–Trinajstić information content (AvgIpc) is 2.61. The molecule has 1 N–H and O–H groups in total. The lowest BCUT2D eigenvalue weighted by molar-refractivity contribution is -0.117. The molecule has 0 aliphatic heterocycles. The maximum absolute atomic E-state index is 11.8. The molecule has 0 atom stereocenters. The molecule has 0 saturated heterocycles. The van der Waals surface area contributed by atoms with Crippen molar-refractivity contribution in [1.29, 1.82) is 0 Å². The Labute approximate surface area is 119 Å². The highest BCUT2D eigenvalue weighted by molar-refractivity contribution is 14.1. The quantitative estimate of drug-likeness (QED) is 0.858. The summed E-state index contributed by atoms with van der Waals surface area (Å²) in [5, 5.41) is 6.98. The van der Waals surface area contributed by atoms with Crippen LogP contribution < -0.4 is 5.32 Å². The first kappa shape index (κ1) is 13.0. The van der Waals surface area contributed by atoms with Gasteiger partial charge >= 0.3 is 0 Å². The number of halogens is 1. The van der Waals surface area contributed by atoms with Gasteiger partial charge in [-0.15, -0.1) is 0 Å². The number of carbonyl (C=O) groups is 1. The number of aromatic nitrogens is 3. The van der Waals surface area contributed by atoms with Gasteiger partial charge in [-0.3, -0.25) is 9.48 Å². The lowest BCUT2D eigenvalue weighted by atomic mass is 10.4. The molecule has 2 heterocycles. The van der Waals surface area contributed by atoms with Crippen molar-refractivity contribution in [2.75, 3.05) is 5.32 Å². The summed E-state index contributed by atoms with van der Waals surface area (Å²) in [6.07, 6.45) is 1.71. The van der Waals surface area contributed by atoms with E-state index < -0.39 is 0 Å². The zero-order valence-corrected chi connectivity index (χ0v) is 12.3. The number of aryl methyl sites for hydroxylation is 2. The van der Waals surface area contributed by atoms with E-state index in [0.29, 0.717) is 5.82 Å². The Bertz CT molecular complexity index is 562. The van der Waals surface area contributed by atoms with Crippen LogP contribution in [0.4, 0.5) is 5.82 Å². The molecule has 6 heteroatoms. The van der Waals surface area contributed by atoms with Crippen LogP contribution in [0, 0.1) is 17.4 Å². The van der Waals surface area contributed by atoms with Gasteiger partial charge in [0.2, 0.25) is 5.91 Å². The van der Waals surface area contributed by atoms with E-state index in [1.54, 1.807) is 16.9 Å². The number of hydrogen-bond donors (Lipinski definition) is 1. The van der Waals surface area contributed by atoms with Crippen LogP contribution in [0.15, 0.2) is 24.4 Å². The van der Waals surface area contributed by atoms with E-state index in [1.165, 1.54) is 0 Å². The Balaban J connectivity index is 2.01. The summed E-state index contributed by atoms with van der Waals surface area (Å²) in [6, 6.07) is 5.61. The van der Waals surface area contributed by atoms with E-state index in [-0.39, 0.29) is 12.5 Å². The summed E-state index contributed by atoms with van der Waals surface area (Å²) >= 11 is 2.17. The van der Waals surface area contributed by atoms with Crippen molar-refractivity contribution < 1.29 is 4.79 Å². The lowest BCUT2D eigenvalue weighted by Gasteiger charge is -2.06. The molecule has 0 saturated carbocycles. The molecule has 2 rings (SSSR count). The van der Waals surface area contributed by atoms with Gasteiger partial charge < -0.3 is 5.32 Å². The second kappa shape index (κ2) is 5.47. The summed E-state index contributed by atoms with van der Waals surface area (Å²) in [7, 11) is 0. The molecule has 0 aliphatic carbocycles. The first-order valence-corrected chi connectivity index (χ1v) is 6.55. The van der Waals surface area contributed by atoms with Gasteiger partial charge in [-0.1, -0.05) is 0 Å². The van der Waals surface area contributed by atoms with Crippen LogP contribution in [0.3, 0.4) is 0 Å². The fraction of sp³-hybridized carbons (Fsp3) is 0.250. The minimum absolute atomic E-state index is 0.130. The van der Waals surface area contributed by atoms with E-state index in [1.807, 2.05) is 26.0 Å². The van der Waals surface area contributed by atoms with Crippen LogP contribution in [0.5, 0.6) is 0 Å². The molecule has 5 nitrogen and oxygen atoms in total. The summed E-state index contributed by atoms with van der Waals surface area (Å²) in [4.78, 5) is 15.9. The largest absolute Gasteiger partial charge is 0.309 e. The number of hydrogen-bond acceptors (Lipinski definition) is 3. The van der Waals surface area contributed by atoms with Crippen molar-refractivity contribution in [1.82, 2.24) is 14.8 Å². The maximum atomic E-state index is 11.8. The Morgan fingerprint density at radius 3 is 2.78 bits per heavy atom. The first-order chi connectivity index (χ1) is 8.54. The van der Waals surface area contributed by atoms with E-state index in [0.717, 1.165) is 15.0 Å². The average molecular weight is 356 g/mol. The highest BCUT2D eigenvalue weighted by atomic mass is 127. The minimum atomic E-state index is -0.130.